The fraction of sp³-hybridized carbons (Fsp3) is 0.700. The van der Waals surface area contributed by atoms with Gasteiger partial charge in [0.25, 0.3) is 0 Å². The molecule has 17 heavy (non-hydrogen) atoms. The Kier molecular flexibility index (Phi) is 6.29. The number of thioether (sulfide) groups is 2. The van der Waals surface area contributed by atoms with Crippen LogP contribution in [-0.2, 0) is 19.1 Å². The minimum Gasteiger partial charge on any atom is -0.465 e. The van der Waals surface area contributed by atoms with Crippen LogP contribution >= 0.6 is 35.7 Å². The summed E-state index contributed by atoms with van der Waals surface area (Å²) in [6.07, 6.45) is 0.410. The first kappa shape index (κ1) is 14.8. The summed E-state index contributed by atoms with van der Waals surface area (Å²) in [5.41, 5.74) is 0. The summed E-state index contributed by atoms with van der Waals surface area (Å²) in [4.78, 5) is 23.2. The molecule has 0 spiro atoms. The summed E-state index contributed by atoms with van der Waals surface area (Å²) in [7, 11) is 0. The maximum absolute atomic E-state index is 11.6. The van der Waals surface area contributed by atoms with Crippen molar-refractivity contribution in [2.45, 2.75) is 30.8 Å². The lowest BCUT2D eigenvalue weighted by molar-refractivity contribution is -0.144. The van der Waals surface area contributed by atoms with Gasteiger partial charge in [0.1, 0.15) is 14.0 Å². The van der Waals surface area contributed by atoms with Crippen molar-refractivity contribution in [1.29, 1.82) is 0 Å². The number of thiocarbonyl (C=S) groups is 1. The van der Waals surface area contributed by atoms with Crippen LogP contribution < -0.4 is 0 Å². The average Bonchev–Trinajstić information content (AvgIpc) is 2.29. The average molecular weight is 294 g/mol. The van der Waals surface area contributed by atoms with Crippen LogP contribution in [-0.4, -0.2) is 39.2 Å². The van der Waals surface area contributed by atoms with E-state index in [1.54, 1.807) is 13.8 Å². The molecule has 0 aromatic heterocycles. The molecule has 96 valence electrons. The van der Waals surface area contributed by atoms with Crippen LogP contribution in [0.15, 0.2) is 0 Å². The number of rotatable bonds is 4. The highest BCUT2D eigenvalue weighted by Gasteiger charge is 2.36. The first-order valence-electron chi connectivity index (χ1n) is 5.29. The topological polar surface area (TPSA) is 52.6 Å². The fourth-order valence-electron chi connectivity index (χ4n) is 1.31. The summed E-state index contributed by atoms with van der Waals surface area (Å²) >= 11 is 7.65. The van der Waals surface area contributed by atoms with Crippen molar-refractivity contribution in [2.75, 3.05) is 13.2 Å². The van der Waals surface area contributed by atoms with Gasteiger partial charge in [-0.3, -0.25) is 9.59 Å². The molecule has 0 aromatic carbocycles. The quantitative estimate of drug-likeness (QED) is 0.580. The second-order valence-electron chi connectivity index (χ2n) is 3.20. The van der Waals surface area contributed by atoms with Gasteiger partial charge in [0, 0.05) is 0 Å². The molecule has 0 N–H and O–H groups in total. The van der Waals surface area contributed by atoms with E-state index in [1.807, 2.05) is 0 Å². The molecule has 1 heterocycles. The molecule has 1 aliphatic heterocycles. The zero-order valence-corrected chi connectivity index (χ0v) is 12.1. The molecule has 7 heteroatoms. The van der Waals surface area contributed by atoms with Crippen LogP contribution in [0.1, 0.15) is 20.3 Å². The summed E-state index contributed by atoms with van der Waals surface area (Å²) in [6, 6.07) is 0. The van der Waals surface area contributed by atoms with E-state index in [1.165, 1.54) is 23.5 Å². The second-order valence-corrected chi connectivity index (χ2v) is 6.81. The molecule has 1 aliphatic rings. The van der Waals surface area contributed by atoms with Crippen LogP contribution in [0.5, 0.6) is 0 Å². The van der Waals surface area contributed by atoms with Crippen molar-refractivity contribution in [3.63, 3.8) is 0 Å². The Morgan fingerprint density at radius 1 is 1.18 bits per heavy atom. The lowest BCUT2D eigenvalue weighted by atomic mass is 10.2. The summed E-state index contributed by atoms with van der Waals surface area (Å²) < 4.78 is 10.5. The number of carbonyl (C=O) groups excluding carboxylic acids is 2. The third-order valence-corrected chi connectivity index (χ3v) is 4.88. The normalized spacial score (nSPS) is 24.2. The van der Waals surface area contributed by atoms with Crippen LogP contribution in [0, 0.1) is 0 Å². The Hall–Kier alpha value is -0.270. The van der Waals surface area contributed by atoms with Gasteiger partial charge in [-0.05, 0) is 20.3 Å². The summed E-state index contributed by atoms with van der Waals surface area (Å²) in [5, 5.41) is -0.781. The maximum atomic E-state index is 11.6. The van der Waals surface area contributed by atoms with Gasteiger partial charge in [-0.25, -0.2) is 0 Å². The predicted molar refractivity (Wildman–Crippen MR) is 73.2 cm³/mol. The lowest BCUT2D eigenvalue weighted by Gasteiger charge is -2.25. The molecule has 0 aliphatic carbocycles. The molecule has 2 atom stereocenters. The Morgan fingerprint density at radius 3 is 1.94 bits per heavy atom. The summed E-state index contributed by atoms with van der Waals surface area (Å²) in [6.45, 7) is 4.17. The second kappa shape index (κ2) is 7.23. The van der Waals surface area contributed by atoms with Crippen LogP contribution in [0.4, 0.5) is 0 Å². The van der Waals surface area contributed by atoms with Gasteiger partial charge in [-0.2, -0.15) is 0 Å². The minimum absolute atomic E-state index is 0.311. The zero-order chi connectivity index (χ0) is 12.8. The molecule has 4 nitrogen and oxygen atoms in total. The molecule has 1 fully saturated rings. The molecule has 0 aromatic rings. The Labute approximate surface area is 114 Å². The van der Waals surface area contributed by atoms with E-state index in [4.69, 9.17) is 21.7 Å². The van der Waals surface area contributed by atoms with E-state index in [0.29, 0.717) is 23.2 Å². The van der Waals surface area contributed by atoms with Crippen molar-refractivity contribution >= 4 is 51.2 Å². The van der Waals surface area contributed by atoms with Gasteiger partial charge < -0.3 is 9.47 Å². The maximum Gasteiger partial charge on any atom is 0.319 e. The number of ether oxygens (including phenoxy) is 2. The highest BCUT2D eigenvalue weighted by molar-refractivity contribution is 8.48. The largest absolute Gasteiger partial charge is 0.465 e. The van der Waals surface area contributed by atoms with Crippen LogP contribution in [0.3, 0.4) is 0 Å². The van der Waals surface area contributed by atoms with E-state index >= 15 is 0 Å². The van der Waals surface area contributed by atoms with Crippen molar-refractivity contribution < 1.29 is 19.1 Å². The van der Waals surface area contributed by atoms with Gasteiger partial charge in [0.15, 0.2) is 0 Å². The Balaban J connectivity index is 2.61. The van der Waals surface area contributed by atoms with E-state index in [2.05, 4.69) is 0 Å². The molecule has 0 amide bonds. The SMILES string of the molecule is CCOC(=O)C1CC(C(=O)OCC)SC(=S)S1. The third kappa shape index (κ3) is 4.48. The smallest absolute Gasteiger partial charge is 0.319 e. The van der Waals surface area contributed by atoms with Crippen LogP contribution in [0.25, 0.3) is 0 Å². The molecule has 1 saturated heterocycles. The van der Waals surface area contributed by atoms with Crippen molar-refractivity contribution in [3.8, 4) is 0 Å². The predicted octanol–water partition coefficient (Wildman–Crippen LogP) is 2.00. The van der Waals surface area contributed by atoms with Crippen molar-refractivity contribution in [2.24, 2.45) is 0 Å². The molecule has 2 unspecified atom stereocenters. The molecule has 1 rings (SSSR count). The van der Waals surface area contributed by atoms with E-state index in [0.717, 1.165) is 0 Å². The van der Waals surface area contributed by atoms with Crippen molar-refractivity contribution in [3.05, 3.63) is 0 Å². The molecule has 0 radical (unpaired) electrons. The van der Waals surface area contributed by atoms with E-state index in [9.17, 15) is 9.59 Å². The molecule has 0 bridgehead atoms. The highest BCUT2D eigenvalue weighted by Crippen LogP contribution is 2.37. The van der Waals surface area contributed by atoms with Gasteiger partial charge in [0.05, 0.1) is 13.2 Å². The van der Waals surface area contributed by atoms with Crippen molar-refractivity contribution in [1.82, 2.24) is 0 Å². The monoisotopic (exact) mass is 294 g/mol. The molecular weight excluding hydrogens is 280 g/mol. The number of esters is 2. The lowest BCUT2D eigenvalue weighted by Crippen LogP contribution is -2.34. The zero-order valence-electron chi connectivity index (χ0n) is 9.63. The third-order valence-electron chi connectivity index (χ3n) is 2.00. The standard InChI is InChI=1S/C10H14O4S3/c1-3-13-8(11)6-5-7(9(12)14-4-2)17-10(15)16-6/h6-7H,3-5H2,1-2H3. The van der Waals surface area contributed by atoms with E-state index in [-0.39, 0.29) is 11.9 Å². The van der Waals surface area contributed by atoms with Crippen LogP contribution in [0.2, 0.25) is 0 Å². The Morgan fingerprint density at radius 2 is 1.59 bits per heavy atom. The van der Waals surface area contributed by atoms with Gasteiger partial charge in [0.2, 0.25) is 0 Å². The summed E-state index contributed by atoms with van der Waals surface area (Å²) in [5.74, 6) is -0.621. The number of hydrogen-bond acceptors (Lipinski definition) is 7. The highest BCUT2D eigenvalue weighted by atomic mass is 32.2. The van der Waals surface area contributed by atoms with Gasteiger partial charge in [-0.15, -0.1) is 0 Å². The van der Waals surface area contributed by atoms with Gasteiger partial charge >= 0.3 is 11.9 Å². The Bertz CT molecular complexity index is 291. The number of carbonyl (C=O) groups is 2. The molecular formula is C10H14O4S3. The molecule has 0 saturated carbocycles. The first-order chi connectivity index (χ1) is 8.08. The fourth-order valence-corrected chi connectivity index (χ4v) is 4.42. The first-order valence-corrected chi connectivity index (χ1v) is 7.45. The minimum atomic E-state index is -0.391. The van der Waals surface area contributed by atoms with E-state index < -0.39 is 10.5 Å². The number of hydrogen-bond donors (Lipinski definition) is 0. The van der Waals surface area contributed by atoms with Gasteiger partial charge in [-0.1, -0.05) is 35.7 Å².